The van der Waals surface area contributed by atoms with Crippen molar-refractivity contribution in [3.63, 3.8) is 0 Å². The quantitative estimate of drug-likeness (QED) is 0.224. The minimum absolute atomic E-state index is 0.184. The number of aliphatic hydroxyl groups is 1. The van der Waals surface area contributed by atoms with Crippen LogP contribution in [0, 0.1) is 6.92 Å². The molecule has 3 aliphatic heterocycles. The van der Waals surface area contributed by atoms with Gasteiger partial charge >= 0.3 is 0 Å². The molecule has 2 aromatic rings. The van der Waals surface area contributed by atoms with E-state index in [-0.39, 0.29) is 17.9 Å². The Balaban J connectivity index is 1.63. The topological polar surface area (TPSA) is 99.6 Å². The Morgan fingerprint density at radius 1 is 1.12 bits per heavy atom. The lowest BCUT2D eigenvalue weighted by Crippen LogP contribution is -2.52. The molecule has 1 unspecified atom stereocenters. The number of likely N-dealkylation sites (N-methyl/N-ethyl adjacent to an activating group) is 1. The molecule has 1 N–H and O–H groups in total. The lowest BCUT2D eigenvalue weighted by Gasteiger charge is -2.35. The van der Waals surface area contributed by atoms with Crippen LogP contribution in [0.4, 0.5) is 5.69 Å². The second-order valence-electron chi connectivity index (χ2n) is 10.2. The van der Waals surface area contributed by atoms with Gasteiger partial charge in [0.15, 0.2) is 5.54 Å². The van der Waals surface area contributed by atoms with E-state index in [1.165, 1.54) is 4.90 Å². The maximum atomic E-state index is 14.3. The fraction of sp³-hybridized carbons (Fsp3) is 0.387. The zero-order valence-corrected chi connectivity index (χ0v) is 23.0. The van der Waals surface area contributed by atoms with Crippen molar-refractivity contribution >= 4 is 29.0 Å². The summed E-state index contributed by atoms with van der Waals surface area (Å²) >= 11 is 0. The third-order valence-electron chi connectivity index (χ3n) is 7.89. The first-order valence-electron chi connectivity index (χ1n) is 13.7. The van der Waals surface area contributed by atoms with Crippen molar-refractivity contribution in [2.45, 2.75) is 25.8 Å². The number of amides is 2. The first-order chi connectivity index (χ1) is 19.4. The molecule has 0 aliphatic carbocycles. The number of hydrogen-bond acceptors (Lipinski definition) is 7. The SMILES string of the molecule is C=CCOc1ccc(/C(O)=C2\C(=O)C(=O)N(CCCN3CCOCC3)C23C(=O)N(CC)c2ccccc23)cc1C. The normalized spacial score (nSPS) is 22.3. The highest BCUT2D eigenvalue weighted by molar-refractivity contribution is 6.50. The fourth-order valence-corrected chi connectivity index (χ4v) is 6.01. The van der Waals surface area contributed by atoms with Gasteiger partial charge in [-0.2, -0.15) is 0 Å². The number of carbonyl (C=O) groups is 3. The van der Waals surface area contributed by atoms with E-state index in [9.17, 15) is 19.5 Å². The Kier molecular flexibility index (Phi) is 7.78. The Morgan fingerprint density at radius 3 is 2.58 bits per heavy atom. The van der Waals surface area contributed by atoms with Gasteiger partial charge in [-0.25, -0.2) is 0 Å². The molecule has 0 radical (unpaired) electrons. The average Bonchev–Trinajstić information content (AvgIpc) is 3.35. The summed E-state index contributed by atoms with van der Waals surface area (Å²) in [6.07, 6.45) is 2.19. The highest BCUT2D eigenvalue weighted by Crippen LogP contribution is 2.53. The molecule has 3 heterocycles. The molecule has 2 amide bonds. The first-order valence-corrected chi connectivity index (χ1v) is 13.7. The van der Waals surface area contributed by atoms with Crippen LogP contribution >= 0.6 is 0 Å². The number of fused-ring (bicyclic) bond motifs is 2. The zero-order chi connectivity index (χ0) is 28.4. The first kappa shape index (κ1) is 27.6. The number of Topliss-reactive ketones (excluding diaryl/α,β-unsaturated/α-hetero) is 1. The van der Waals surface area contributed by atoms with E-state index in [4.69, 9.17) is 9.47 Å². The predicted molar refractivity (Wildman–Crippen MR) is 151 cm³/mol. The third-order valence-corrected chi connectivity index (χ3v) is 7.89. The van der Waals surface area contributed by atoms with Gasteiger partial charge in [0, 0.05) is 43.9 Å². The number of ether oxygens (including phenoxy) is 2. The number of likely N-dealkylation sites (tertiary alicyclic amines) is 1. The molecule has 3 aliphatic rings. The number of para-hydroxylation sites is 1. The minimum Gasteiger partial charge on any atom is -0.507 e. The maximum absolute atomic E-state index is 14.3. The number of aliphatic hydroxyl groups excluding tert-OH is 1. The molecule has 2 saturated heterocycles. The molecule has 1 atom stereocenters. The Hall–Kier alpha value is -3.95. The van der Waals surface area contributed by atoms with Crippen molar-refractivity contribution in [2.75, 3.05) is 57.4 Å². The lowest BCUT2D eigenvalue weighted by atomic mass is 9.81. The van der Waals surface area contributed by atoms with Crippen LogP contribution in [0.15, 0.2) is 60.7 Å². The van der Waals surface area contributed by atoms with Gasteiger partial charge in [0.05, 0.1) is 24.5 Å². The van der Waals surface area contributed by atoms with Crippen molar-refractivity contribution in [1.82, 2.24) is 9.80 Å². The van der Waals surface area contributed by atoms with E-state index in [2.05, 4.69) is 11.5 Å². The second kappa shape index (κ2) is 11.3. The number of ketones is 1. The molecular formula is C31H35N3O6. The van der Waals surface area contributed by atoms with E-state index in [1.807, 2.05) is 26.0 Å². The molecule has 9 heteroatoms. The van der Waals surface area contributed by atoms with Gasteiger partial charge in [0.2, 0.25) is 0 Å². The summed E-state index contributed by atoms with van der Waals surface area (Å²) in [5, 5.41) is 11.7. The van der Waals surface area contributed by atoms with Crippen LogP contribution in [0.3, 0.4) is 0 Å². The van der Waals surface area contributed by atoms with Gasteiger partial charge in [0.1, 0.15) is 18.1 Å². The molecule has 1 spiro atoms. The van der Waals surface area contributed by atoms with Crippen molar-refractivity contribution in [3.8, 4) is 5.75 Å². The highest BCUT2D eigenvalue weighted by Gasteiger charge is 2.66. The summed E-state index contributed by atoms with van der Waals surface area (Å²) in [4.78, 5) is 47.0. The smallest absolute Gasteiger partial charge is 0.296 e. The summed E-state index contributed by atoms with van der Waals surface area (Å²) in [5.74, 6) is -1.84. The summed E-state index contributed by atoms with van der Waals surface area (Å²) < 4.78 is 11.1. The molecule has 210 valence electrons. The van der Waals surface area contributed by atoms with E-state index in [0.717, 1.165) is 18.7 Å². The van der Waals surface area contributed by atoms with Gasteiger partial charge in [-0.15, -0.1) is 0 Å². The monoisotopic (exact) mass is 545 g/mol. The van der Waals surface area contributed by atoms with Crippen LogP contribution in [0.5, 0.6) is 5.75 Å². The summed E-state index contributed by atoms with van der Waals surface area (Å²) in [6, 6.07) is 12.2. The van der Waals surface area contributed by atoms with Crippen molar-refractivity contribution in [2.24, 2.45) is 0 Å². The molecule has 2 aromatic carbocycles. The third kappa shape index (κ3) is 4.39. The van der Waals surface area contributed by atoms with Crippen LogP contribution in [0.2, 0.25) is 0 Å². The van der Waals surface area contributed by atoms with Gasteiger partial charge in [-0.05, 0) is 50.1 Å². The summed E-state index contributed by atoms with van der Waals surface area (Å²) in [7, 11) is 0. The highest BCUT2D eigenvalue weighted by atomic mass is 16.5. The Bertz CT molecular complexity index is 1380. The number of morpholine rings is 1. The lowest BCUT2D eigenvalue weighted by molar-refractivity contribution is -0.143. The standard InChI is InChI=1S/C31H35N3O6/c1-4-17-40-25-12-11-22(20-21(25)3)27(35)26-28(36)29(37)34(14-8-13-32-15-18-39-19-16-32)31(26)23-9-6-7-10-24(23)33(5-2)30(31)38/h4,6-7,9-12,20,35H,1,5,8,13-19H2,2-3H3/b27-26-. The summed E-state index contributed by atoms with van der Waals surface area (Å²) in [5.41, 5.74) is 0.266. The number of carbonyl (C=O) groups excluding carboxylic acids is 3. The van der Waals surface area contributed by atoms with Crippen molar-refractivity contribution < 1.29 is 29.0 Å². The maximum Gasteiger partial charge on any atom is 0.296 e. The molecular weight excluding hydrogens is 510 g/mol. The number of nitrogens with zero attached hydrogens (tertiary/aromatic N) is 3. The Morgan fingerprint density at radius 2 is 1.88 bits per heavy atom. The van der Waals surface area contributed by atoms with E-state index < -0.39 is 23.1 Å². The van der Waals surface area contributed by atoms with Crippen LogP contribution < -0.4 is 9.64 Å². The van der Waals surface area contributed by atoms with Crippen LogP contribution in [-0.2, 0) is 24.7 Å². The van der Waals surface area contributed by atoms with Crippen molar-refractivity contribution in [3.05, 3.63) is 77.4 Å². The van der Waals surface area contributed by atoms with E-state index >= 15 is 0 Å². The molecule has 0 saturated carbocycles. The Labute approximate surface area is 234 Å². The van der Waals surface area contributed by atoms with Crippen LogP contribution in [0.25, 0.3) is 5.76 Å². The van der Waals surface area contributed by atoms with E-state index in [0.29, 0.717) is 61.9 Å². The van der Waals surface area contributed by atoms with E-state index in [1.54, 1.807) is 41.3 Å². The minimum atomic E-state index is -1.75. The second-order valence-corrected chi connectivity index (χ2v) is 10.2. The molecule has 40 heavy (non-hydrogen) atoms. The number of rotatable bonds is 9. The molecule has 5 rings (SSSR count). The molecule has 0 bridgehead atoms. The number of aryl methyl sites for hydroxylation is 1. The van der Waals surface area contributed by atoms with Gasteiger partial charge in [0.25, 0.3) is 17.6 Å². The number of anilines is 1. The van der Waals surface area contributed by atoms with Gasteiger partial charge in [-0.3, -0.25) is 19.3 Å². The fourth-order valence-electron chi connectivity index (χ4n) is 6.01. The molecule has 0 aromatic heterocycles. The van der Waals surface area contributed by atoms with Gasteiger partial charge in [-0.1, -0.05) is 30.9 Å². The van der Waals surface area contributed by atoms with Crippen molar-refractivity contribution in [1.29, 1.82) is 0 Å². The largest absolute Gasteiger partial charge is 0.507 e. The average molecular weight is 546 g/mol. The zero-order valence-electron chi connectivity index (χ0n) is 23.0. The van der Waals surface area contributed by atoms with Crippen LogP contribution in [-0.4, -0.2) is 85.0 Å². The van der Waals surface area contributed by atoms with Crippen LogP contribution in [0.1, 0.15) is 30.0 Å². The molecule has 2 fully saturated rings. The predicted octanol–water partition coefficient (Wildman–Crippen LogP) is 3.22. The number of benzene rings is 2. The number of hydrogen-bond donors (Lipinski definition) is 1. The summed E-state index contributed by atoms with van der Waals surface area (Å²) in [6.45, 7) is 11.8. The van der Waals surface area contributed by atoms with Gasteiger partial charge < -0.3 is 24.4 Å². The molecule has 9 nitrogen and oxygen atoms in total.